The van der Waals surface area contributed by atoms with E-state index >= 15 is 0 Å². The number of carboxylic acids is 1. The molecule has 0 fully saturated rings. The first kappa shape index (κ1) is 17.7. The van der Waals surface area contributed by atoms with Crippen molar-refractivity contribution in [3.05, 3.63) is 36.5 Å². The van der Waals surface area contributed by atoms with E-state index in [0.29, 0.717) is 13.0 Å². The standard InChI is InChI=1S/C18H28O3/c19-18(20)16-17-14-12-10-8-6-4-2-1-3-5-7-9-11-13-15-21-17/h1,3-4,6,10,12,17H,2,5,7-9,11,13-16H2,(H,19,20)/b3-1-,6-4-,12-10-. The van der Waals surface area contributed by atoms with Gasteiger partial charge in [0.2, 0.25) is 0 Å². The van der Waals surface area contributed by atoms with Gasteiger partial charge in [0, 0.05) is 6.61 Å². The topological polar surface area (TPSA) is 46.5 Å². The summed E-state index contributed by atoms with van der Waals surface area (Å²) in [6, 6.07) is 0. The monoisotopic (exact) mass is 292 g/mol. The van der Waals surface area contributed by atoms with Crippen LogP contribution in [0.15, 0.2) is 36.5 Å². The van der Waals surface area contributed by atoms with Crippen molar-refractivity contribution < 1.29 is 14.6 Å². The van der Waals surface area contributed by atoms with E-state index in [1.807, 2.05) is 6.08 Å². The van der Waals surface area contributed by atoms with Crippen LogP contribution in [-0.2, 0) is 9.53 Å². The first-order valence-corrected chi connectivity index (χ1v) is 8.07. The normalized spacial score (nSPS) is 27.3. The van der Waals surface area contributed by atoms with E-state index in [-0.39, 0.29) is 12.5 Å². The van der Waals surface area contributed by atoms with Crippen molar-refractivity contribution in [2.75, 3.05) is 6.61 Å². The minimum atomic E-state index is -0.787. The van der Waals surface area contributed by atoms with E-state index in [1.165, 1.54) is 12.8 Å². The van der Waals surface area contributed by atoms with Crippen molar-refractivity contribution in [1.29, 1.82) is 0 Å². The van der Waals surface area contributed by atoms with Gasteiger partial charge in [0.1, 0.15) is 0 Å². The van der Waals surface area contributed by atoms with Crippen LogP contribution in [0.3, 0.4) is 0 Å². The zero-order chi connectivity index (χ0) is 15.2. The summed E-state index contributed by atoms with van der Waals surface area (Å²) < 4.78 is 5.71. The van der Waals surface area contributed by atoms with Gasteiger partial charge in [0.25, 0.3) is 0 Å². The van der Waals surface area contributed by atoms with Gasteiger partial charge in [0.05, 0.1) is 12.5 Å². The van der Waals surface area contributed by atoms with Gasteiger partial charge < -0.3 is 9.84 Å². The van der Waals surface area contributed by atoms with E-state index < -0.39 is 5.97 Å². The van der Waals surface area contributed by atoms with Gasteiger partial charge in [-0.25, -0.2) is 0 Å². The first-order chi connectivity index (χ1) is 10.3. The van der Waals surface area contributed by atoms with Crippen LogP contribution >= 0.6 is 0 Å². The summed E-state index contributed by atoms with van der Waals surface area (Å²) in [4.78, 5) is 10.8. The molecule has 0 aromatic heterocycles. The Bertz CT molecular complexity index is 355. The molecule has 0 spiro atoms. The first-order valence-electron chi connectivity index (χ1n) is 8.07. The number of carboxylic acid groups (broad SMARTS) is 1. The van der Waals surface area contributed by atoms with Crippen LogP contribution in [0.25, 0.3) is 0 Å². The lowest BCUT2D eigenvalue weighted by atomic mass is 10.1. The highest BCUT2D eigenvalue weighted by molar-refractivity contribution is 5.67. The maximum atomic E-state index is 10.8. The SMILES string of the molecule is O=C(O)CC1C/C=C\C/C=C\C/C=C\CCCCCCO1. The number of allylic oxidation sites excluding steroid dienone is 5. The Morgan fingerprint density at radius 2 is 1.62 bits per heavy atom. The molecule has 0 radical (unpaired) electrons. The summed E-state index contributed by atoms with van der Waals surface area (Å²) in [7, 11) is 0. The summed E-state index contributed by atoms with van der Waals surface area (Å²) in [6.45, 7) is 0.668. The molecular weight excluding hydrogens is 264 g/mol. The summed E-state index contributed by atoms with van der Waals surface area (Å²) in [5.41, 5.74) is 0. The lowest BCUT2D eigenvalue weighted by Gasteiger charge is -2.14. The second-order valence-corrected chi connectivity index (χ2v) is 5.41. The minimum Gasteiger partial charge on any atom is -0.481 e. The smallest absolute Gasteiger partial charge is 0.305 e. The fraction of sp³-hybridized carbons (Fsp3) is 0.611. The fourth-order valence-electron chi connectivity index (χ4n) is 2.28. The molecule has 1 aliphatic heterocycles. The molecule has 0 bridgehead atoms. The Labute approximate surface area is 128 Å². The third-order valence-corrected chi connectivity index (χ3v) is 3.46. The molecule has 3 heteroatoms. The summed E-state index contributed by atoms with van der Waals surface area (Å²) in [5, 5.41) is 8.91. The van der Waals surface area contributed by atoms with Gasteiger partial charge >= 0.3 is 5.97 Å². The van der Waals surface area contributed by atoms with Crippen LogP contribution in [0.5, 0.6) is 0 Å². The zero-order valence-electron chi connectivity index (χ0n) is 12.9. The van der Waals surface area contributed by atoms with Crippen LogP contribution in [0.1, 0.15) is 57.8 Å². The summed E-state index contributed by atoms with van der Waals surface area (Å²) >= 11 is 0. The van der Waals surface area contributed by atoms with Crippen molar-refractivity contribution in [2.24, 2.45) is 0 Å². The number of hydrogen-bond donors (Lipinski definition) is 1. The minimum absolute atomic E-state index is 0.0874. The highest BCUT2D eigenvalue weighted by Crippen LogP contribution is 2.10. The lowest BCUT2D eigenvalue weighted by Crippen LogP contribution is -2.17. The average Bonchev–Trinajstić information content (AvgIpc) is 2.45. The molecule has 0 amide bonds. The van der Waals surface area contributed by atoms with Crippen molar-refractivity contribution in [3.63, 3.8) is 0 Å². The Hall–Kier alpha value is -1.35. The number of aliphatic carboxylic acids is 1. The molecule has 1 N–H and O–H groups in total. The maximum Gasteiger partial charge on any atom is 0.305 e. The second kappa shape index (κ2) is 12.4. The van der Waals surface area contributed by atoms with Gasteiger partial charge in [-0.3, -0.25) is 4.79 Å². The van der Waals surface area contributed by atoms with Crippen molar-refractivity contribution in [2.45, 2.75) is 63.9 Å². The molecule has 0 aliphatic carbocycles. The number of rotatable bonds is 2. The molecular formula is C18H28O3. The van der Waals surface area contributed by atoms with Gasteiger partial charge in [-0.1, -0.05) is 49.3 Å². The predicted molar refractivity (Wildman–Crippen MR) is 86.3 cm³/mol. The van der Waals surface area contributed by atoms with Crippen molar-refractivity contribution in [3.8, 4) is 0 Å². The van der Waals surface area contributed by atoms with Crippen LogP contribution < -0.4 is 0 Å². The molecule has 1 atom stereocenters. The van der Waals surface area contributed by atoms with Gasteiger partial charge in [-0.05, 0) is 38.5 Å². The predicted octanol–water partition coefficient (Wildman–Crippen LogP) is 4.65. The Morgan fingerprint density at radius 3 is 2.38 bits per heavy atom. The van der Waals surface area contributed by atoms with Gasteiger partial charge in [-0.2, -0.15) is 0 Å². The van der Waals surface area contributed by atoms with Crippen molar-refractivity contribution in [1.82, 2.24) is 0 Å². The number of ether oxygens (including phenoxy) is 1. The molecule has 1 rings (SSSR count). The zero-order valence-corrected chi connectivity index (χ0v) is 12.9. The molecule has 118 valence electrons. The average molecular weight is 292 g/mol. The molecule has 0 aromatic carbocycles. The van der Waals surface area contributed by atoms with Crippen LogP contribution in [0, 0.1) is 0 Å². The molecule has 0 saturated heterocycles. The number of carbonyl (C=O) groups is 1. The molecule has 1 aliphatic rings. The summed E-state index contributed by atoms with van der Waals surface area (Å²) in [5.74, 6) is -0.787. The molecule has 1 heterocycles. The fourth-order valence-corrected chi connectivity index (χ4v) is 2.28. The van der Waals surface area contributed by atoms with E-state index in [4.69, 9.17) is 9.84 Å². The van der Waals surface area contributed by atoms with E-state index in [9.17, 15) is 4.79 Å². The third-order valence-electron chi connectivity index (χ3n) is 3.46. The van der Waals surface area contributed by atoms with Crippen LogP contribution in [0.2, 0.25) is 0 Å². The third kappa shape index (κ3) is 11.0. The van der Waals surface area contributed by atoms with E-state index in [2.05, 4.69) is 30.4 Å². The molecule has 0 saturated carbocycles. The largest absolute Gasteiger partial charge is 0.481 e. The Balaban J connectivity index is 2.44. The van der Waals surface area contributed by atoms with E-state index in [0.717, 1.165) is 32.1 Å². The number of hydrogen-bond acceptors (Lipinski definition) is 2. The summed E-state index contributed by atoms with van der Waals surface area (Å²) in [6.07, 6.45) is 21.1. The van der Waals surface area contributed by atoms with Gasteiger partial charge in [0.15, 0.2) is 0 Å². The Kier molecular flexibility index (Phi) is 10.4. The van der Waals surface area contributed by atoms with Crippen LogP contribution in [0.4, 0.5) is 0 Å². The Morgan fingerprint density at radius 1 is 0.952 bits per heavy atom. The highest BCUT2D eigenvalue weighted by atomic mass is 16.5. The van der Waals surface area contributed by atoms with E-state index in [1.54, 1.807) is 0 Å². The van der Waals surface area contributed by atoms with Crippen LogP contribution in [-0.4, -0.2) is 23.8 Å². The molecule has 0 aromatic rings. The lowest BCUT2D eigenvalue weighted by molar-refractivity contribution is -0.140. The van der Waals surface area contributed by atoms with Crippen molar-refractivity contribution >= 4 is 5.97 Å². The van der Waals surface area contributed by atoms with Gasteiger partial charge in [-0.15, -0.1) is 0 Å². The molecule has 3 nitrogen and oxygen atoms in total. The molecule has 1 unspecified atom stereocenters. The quantitative estimate of drug-likeness (QED) is 0.754. The molecule has 21 heavy (non-hydrogen) atoms. The maximum absolute atomic E-state index is 10.8. The highest BCUT2D eigenvalue weighted by Gasteiger charge is 2.11. The second-order valence-electron chi connectivity index (χ2n) is 5.41.